The Balaban J connectivity index is 1.55. The summed E-state index contributed by atoms with van der Waals surface area (Å²) in [5.74, 6) is 0.768. The average Bonchev–Trinajstić information content (AvgIpc) is 3.21. The molecule has 0 radical (unpaired) electrons. The van der Waals surface area contributed by atoms with Crippen LogP contribution in [0.2, 0.25) is 0 Å². The molecule has 4 rings (SSSR count). The zero-order valence-corrected chi connectivity index (χ0v) is 21.7. The number of hydrogen-bond donors (Lipinski definition) is 2. The number of aryl methyl sites for hydroxylation is 1. The van der Waals surface area contributed by atoms with E-state index in [-0.39, 0.29) is 39.9 Å². The lowest BCUT2D eigenvalue weighted by Crippen LogP contribution is -2.54. The number of thioether (sulfide) groups is 1. The molecule has 0 spiro atoms. The van der Waals surface area contributed by atoms with Crippen molar-refractivity contribution in [3.8, 4) is 5.69 Å². The molecule has 2 fully saturated rings. The fraction of sp³-hybridized carbons (Fsp3) is 0.577. The molecule has 0 saturated carbocycles. The van der Waals surface area contributed by atoms with Crippen molar-refractivity contribution in [1.82, 2.24) is 20.0 Å². The molecule has 4 atom stereocenters. The van der Waals surface area contributed by atoms with Gasteiger partial charge in [-0.25, -0.2) is 4.68 Å². The van der Waals surface area contributed by atoms with Gasteiger partial charge < -0.3 is 10.6 Å². The van der Waals surface area contributed by atoms with Crippen molar-refractivity contribution in [3.63, 3.8) is 0 Å². The number of benzene rings is 1. The van der Waals surface area contributed by atoms with Crippen LogP contribution in [0.5, 0.6) is 0 Å². The molecule has 0 aliphatic carbocycles. The van der Waals surface area contributed by atoms with Crippen molar-refractivity contribution >= 4 is 29.4 Å². The van der Waals surface area contributed by atoms with Crippen LogP contribution in [0.15, 0.2) is 36.4 Å². The number of aromatic nitrogens is 2. The number of hydrogen-bond acceptors (Lipinski definition) is 5. The Morgan fingerprint density at radius 3 is 2.68 bits per heavy atom. The Hall–Kier alpha value is -2.32. The molecule has 1 aromatic heterocycles. The SMILES string of the molecule is CC[C@@H](C)C(=O)NC1CCC[C@H]2SC(C)(C)C(C(=O)Nc3cc(C)nn3-c3ccccc3)N2C1. The minimum absolute atomic E-state index is 0.00375. The molecule has 8 heteroatoms. The van der Waals surface area contributed by atoms with E-state index >= 15 is 0 Å². The van der Waals surface area contributed by atoms with Gasteiger partial charge in [0.15, 0.2) is 0 Å². The summed E-state index contributed by atoms with van der Waals surface area (Å²) >= 11 is 1.88. The third-order valence-corrected chi connectivity index (χ3v) is 8.58. The number of carbonyl (C=O) groups is 2. The van der Waals surface area contributed by atoms with Gasteiger partial charge in [0, 0.05) is 29.3 Å². The Bertz CT molecular complexity index is 1020. The molecular formula is C26H37N5O2S. The summed E-state index contributed by atoms with van der Waals surface area (Å²) in [6.45, 7) is 10.9. The third kappa shape index (κ3) is 5.18. The summed E-state index contributed by atoms with van der Waals surface area (Å²) in [5, 5.41) is 11.3. The molecule has 2 N–H and O–H groups in total. The fourth-order valence-electron chi connectivity index (χ4n) is 5.04. The van der Waals surface area contributed by atoms with Gasteiger partial charge in [-0.2, -0.15) is 5.10 Å². The number of fused-ring (bicyclic) bond motifs is 1. The largest absolute Gasteiger partial charge is 0.352 e. The second-order valence-corrected chi connectivity index (χ2v) is 12.0. The van der Waals surface area contributed by atoms with E-state index in [0.29, 0.717) is 12.4 Å². The molecule has 1 aromatic carbocycles. The van der Waals surface area contributed by atoms with Crippen LogP contribution in [0.1, 0.15) is 59.1 Å². The maximum Gasteiger partial charge on any atom is 0.244 e. The molecular weight excluding hydrogens is 446 g/mol. The standard InChI is InChI=1S/C26H37N5O2S/c1-6-17(2)24(32)27-19-11-10-14-22-30(16-19)23(26(4,5)34-22)25(33)28-21-15-18(3)29-31(21)20-12-8-7-9-13-20/h7-9,12-13,15,17,19,22-23H,6,10-11,14,16H2,1-5H3,(H,27,32)(H,28,33)/t17-,19?,22-,23?/m1/s1. The van der Waals surface area contributed by atoms with Crippen molar-refractivity contribution in [2.75, 3.05) is 11.9 Å². The first kappa shape index (κ1) is 24.8. The molecule has 2 aliphatic heterocycles. The van der Waals surface area contributed by atoms with Crippen LogP contribution >= 0.6 is 11.8 Å². The van der Waals surface area contributed by atoms with Gasteiger partial charge in [0.05, 0.1) is 16.8 Å². The first-order valence-electron chi connectivity index (χ1n) is 12.4. The Morgan fingerprint density at radius 1 is 1.24 bits per heavy atom. The Morgan fingerprint density at radius 2 is 1.97 bits per heavy atom. The van der Waals surface area contributed by atoms with Gasteiger partial charge in [0.1, 0.15) is 11.9 Å². The number of carbonyl (C=O) groups excluding carboxylic acids is 2. The number of amides is 2. The van der Waals surface area contributed by atoms with Gasteiger partial charge >= 0.3 is 0 Å². The lowest BCUT2D eigenvalue weighted by molar-refractivity contribution is -0.125. The summed E-state index contributed by atoms with van der Waals surface area (Å²) in [5.41, 5.74) is 1.76. The zero-order chi connectivity index (χ0) is 24.5. The third-order valence-electron chi connectivity index (χ3n) is 6.97. The number of anilines is 1. The Labute approximate surface area is 207 Å². The molecule has 2 saturated heterocycles. The van der Waals surface area contributed by atoms with Gasteiger partial charge in [-0.3, -0.25) is 14.5 Å². The Kier molecular flexibility index (Phi) is 7.38. The van der Waals surface area contributed by atoms with Gasteiger partial charge in [-0.15, -0.1) is 11.8 Å². The van der Waals surface area contributed by atoms with E-state index in [1.165, 1.54) is 0 Å². The average molecular weight is 484 g/mol. The van der Waals surface area contributed by atoms with E-state index in [1.807, 2.05) is 68.9 Å². The van der Waals surface area contributed by atoms with Crippen molar-refractivity contribution in [3.05, 3.63) is 42.1 Å². The normalized spacial score (nSPS) is 25.3. The van der Waals surface area contributed by atoms with E-state index in [0.717, 1.165) is 37.1 Å². The second kappa shape index (κ2) is 10.1. The molecule has 2 amide bonds. The maximum atomic E-state index is 13.8. The van der Waals surface area contributed by atoms with Crippen LogP contribution in [0, 0.1) is 12.8 Å². The summed E-state index contributed by atoms with van der Waals surface area (Å²) in [6.07, 6.45) is 3.84. The topological polar surface area (TPSA) is 79.3 Å². The van der Waals surface area contributed by atoms with Crippen molar-refractivity contribution in [2.45, 2.75) is 82.5 Å². The van der Waals surface area contributed by atoms with E-state index < -0.39 is 0 Å². The minimum Gasteiger partial charge on any atom is -0.352 e. The van der Waals surface area contributed by atoms with E-state index in [9.17, 15) is 9.59 Å². The highest BCUT2D eigenvalue weighted by molar-refractivity contribution is 8.01. The molecule has 7 nitrogen and oxygen atoms in total. The minimum atomic E-state index is -0.303. The first-order valence-corrected chi connectivity index (χ1v) is 13.2. The van der Waals surface area contributed by atoms with Gasteiger partial charge in [0.2, 0.25) is 11.8 Å². The van der Waals surface area contributed by atoms with Crippen LogP contribution in [0.4, 0.5) is 5.82 Å². The molecule has 184 valence electrons. The van der Waals surface area contributed by atoms with E-state index in [4.69, 9.17) is 0 Å². The van der Waals surface area contributed by atoms with Crippen LogP contribution in [0.25, 0.3) is 5.69 Å². The van der Waals surface area contributed by atoms with Crippen molar-refractivity contribution in [1.29, 1.82) is 0 Å². The summed E-state index contributed by atoms with van der Waals surface area (Å²) in [4.78, 5) is 28.7. The van der Waals surface area contributed by atoms with E-state index in [1.54, 1.807) is 4.68 Å². The van der Waals surface area contributed by atoms with Crippen molar-refractivity contribution < 1.29 is 9.59 Å². The monoisotopic (exact) mass is 483 g/mol. The number of nitrogens with one attached hydrogen (secondary N) is 2. The summed E-state index contributed by atoms with van der Waals surface area (Å²) < 4.78 is 1.54. The second-order valence-electron chi connectivity index (χ2n) is 10.1. The van der Waals surface area contributed by atoms with Gasteiger partial charge in [-0.1, -0.05) is 32.0 Å². The predicted octanol–water partition coefficient (Wildman–Crippen LogP) is 4.36. The smallest absolute Gasteiger partial charge is 0.244 e. The maximum absolute atomic E-state index is 13.8. The van der Waals surface area contributed by atoms with Crippen molar-refractivity contribution in [2.24, 2.45) is 5.92 Å². The molecule has 2 unspecified atom stereocenters. The fourth-order valence-corrected chi connectivity index (χ4v) is 6.74. The van der Waals surface area contributed by atoms with Crippen LogP contribution in [0.3, 0.4) is 0 Å². The first-order chi connectivity index (χ1) is 16.2. The number of rotatable bonds is 6. The van der Waals surface area contributed by atoms with Crippen LogP contribution < -0.4 is 10.6 Å². The zero-order valence-electron chi connectivity index (χ0n) is 20.9. The highest BCUT2D eigenvalue weighted by Gasteiger charge is 2.52. The van der Waals surface area contributed by atoms with Crippen LogP contribution in [-0.2, 0) is 9.59 Å². The highest BCUT2D eigenvalue weighted by Crippen LogP contribution is 2.47. The summed E-state index contributed by atoms with van der Waals surface area (Å²) in [6, 6.07) is 11.5. The number of para-hydroxylation sites is 1. The molecule has 34 heavy (non-hydrogen) atoms. The van der Waals surface area contributed by atoms with Gasteiger partial charge in [0.25, 0.3) is 0 Å². The number of nitrogens with zero attached hydrogens (tertiary/aromatic N) is 3. The quantitative estimate of drug-likeness (QED) is 0.638. The molecule has 3 heterocycles. The highest BCUT2D eigenvalue weighted by atomic mass is 32.2. The molecule has 0 bridgehead atoms. The van der Waals surface area contributed by atoms with Crippen LogP contribution in [-0.4, -0.2) is 55.2 Å². The predicted molar refractivity (Wildman–Crippen MR) is 138 cm³/mol. The van der Waals surface area contributed by atoms with Gasteiger partial charge in [-0.05, 0) is 58.6 Å². The lowest BCUT2D eigenvalue weighted by atomic mass is 10.00. The van der Waals surface area contributed by atoms with E-state index in [2.05, 4.69) is 34.5 Å². The molecule has 2 aromatic rings. The molecule has 2 aliphatic rings. The summed E-state index contributed by atoms with van der Waals surface area (Å²) in [7, 11) is 0. The lowest BCUT2D eigenvalue weighted by Gasteiger charge is -2.33.